The van der Waals surface area contributed by atoms with Crippen molar-refractivity contribution in [1.82, 2.24) is 0 Å². The van der Waals surface area contributed by atoms with E-state index in [1.54, 1.807) is 0 Å². The molecule has 0 amide bonds. The van der Waals surface area contributed by atoms with Crippen LogP contribution in [0.2, 0.25) is 0 Å². The van der Waals surface area contributed by atoms with Crippen molar-refractivity contribution in [3.63, 3.8) is 0 Å². The van der Waals surface area contributed by atoms with Gasteiger partial charge < -0.3 is 19.3 Å². The molecular weight excluding hydrogens is 296 g/mol. The fourth-order valence-electron chi connectivity index (χ4n) is 0.913. The van der Waals surface area contributed by atoms with Crippen LogP contribution in [0, 0.1) is 0 Å². The number of carbonyl (C=O) groups is 3. The first kappa shape index (κ1) is 17.8. The summed E-state index contributed by atoms with van der Waals surface area (Å²) in [6.45, 7) is 2.47. The van der Waals surface area contributed by atoms with E-state index >= 15 is 0 Å². The van der Waals surface area contributed by atoms with Crippen LogP contribution in [0.4, 0.5) is 0 Å². The highest BCUT2D eigenvalue weighted by molar-refractivity contribution is 7.81. The Morgan fingerprint density at radius 2 is 1.63 bits per heavy atom. The third-order valence-electron chi connectivity index (χ3n) is 1.67. The van der Waals surface area contributed by atoms with Crippen molar-refractivity contribution in [3.05, 3.63) is 12.7 Å². The van der Waals surface area contributed by atoms with Gasteiger partial charge in [-0.05, 0) is 0 Å². The lowest BCUT2D eigenvalue weighted by atomic mass is 10.2. The quantitative estimate of drug-likeness (QED) is 0.237. The van der Waals surface area contributed by atoms with E-state index in [1.807, 2.05) is 0 Å². The van der Waals surface area contributed by atoms with Crippen molar-refractivity contribution in [2.75, 3.05) is 24.7 Å². The van der Waals surface area contributed by atoms with Crippen LogP contribution >= 0.6 is 25.3 Å². The number of ether oxygens (including phenoxy) is 3. The zero-order chi connectivity index (χ0) is 14.9. The Balaban J connectivity index is 5.14. The molecule has 0 aliphatic heterocycles. The number of hydrogen-bond acceptors (Lipinski definition) is 9. The van der Waals surface area contributed by atoms with Gasteiger partial charge in [0.1, 0.15) is 6.61 Å². The Morgan fingerprint density at radius 3 is 1.95 bits per heavy atom. The molecule has 108 valence electrons. The van der Waals surface area contributed by atoms with E-state index in [0.717, 1.165) is 6.08 Å². The smallest absolute Gasteiger partial charge is 0.397 e. The highest BCUT2D eigenvalue weighted by Crippen LogP contribution is 2.19. The standard InChI is InChI=1S/C10H14O7S2/c1-2-10(16-7(12)5-18,17-8(13)6-19)9(14)15-4-3-11/h2,11,18-19H,1,3-6H2. The molecule has 19 heavy (non-hydrogen) atoms. The average Bonchev–Trinajstić information content (AvgIpc) is 2.43. The zero-order valence-corrected chi connectivity index (χ0v) is 11.7. The fraction of sp³-hybridized carbons (Fsp3) is 0.500. The van der Waals surface area contributed by atoms with Crippen molar-refractivity contribution in [3.8, 4) is 0 Å². The lowest BCUT2D eigenvalue weighted by molar-refractivity contribution is -0.223. The van der Waals surface area contributed by atoms with E-state index in [2.05, 4.69) is 36.6 Å². The van der Waals surface area contributed by atoms with Crippen LogP contribution in [-0.4, -0.2) is 53.5 Å². The summed E-state index contributed by atoms with van der Waals surface area (Å²) in [5.74, 6) is -6.13. The Kier molecular flexibility index (Phi) is 8.28. The molecule has 0 aromatic heterocycles. The topological polar surface area (TPSA) is 99.1 Å². The van der Waals surface area contributed by atoms with Crippen molar-refractivity contribution < 1.29 is 33.7 Å². The number of esters is 3. The summed E-state index contributed by atoms with van der Waals surface area (Å²) in [5.41, 5.74) is 0. The molecule has 0 aromatic carbocycles. The van der Waals surface area contributed by atoms with E-state index < -0.39 is 30.3 Å². The lowest BCUT2D eigenvalue weighted by Crippen LogP contribution is -2.47. The minimum absolute atomic E-state index is 0.346. The molecule has 7 nitrogen and oxygen atoms in total. The maximum atomic E-state index is 11.7. The summed E-state index contributed by atoms with van der Waals surface area (Å²) in [7, 11) is 0. The Hall–Kier alpha value is -1.19. The molecule has 0 rings (SSSR count). The summed E-state index contributed by atoms with van der Waals surface area (Å²) < 4.78 is 14.0. The van der Waals surface area contributed by atoms with Crippen LogP contribution in [0.3, 0.4) is 0 Å². The summed E-state index contributed by atoms with van der Waals surface area (Å²) in [6, 6.07) is 0. The number of rotatable bonds is 8. The molecule has 0 saturated carbocycles. The molecule has 1 N–H and O–H groups in total. The molecule has 9 heteroatoms. The van der Waals surface area contributed by atoms with Crippen LogP contribution in [-0.2, 0) is 28.6 Å². The minimum Gasteiger partial charge on any atom is -0.457 e. The van der Waals surface area contributed by atoms with Crippen LogP contribution in [0.15, 0.2) is 12.7 Å². The summed E-state index contributed by atoms with van der Waals surface area (Å²) in [4.78, 5) is 34.2. The van der Waals surface area contributed by atoms with Crippen molar-refractivity contribution >= 4 is 43.2 Å². The third-order valence-corrected chi connectivity index (χ3v) is 2.18. The van der Waals surface area contributed by atoms with Gasteiger partial charge >= 0.3 is 23.7 Å². The van der Waals surface area contributed by atoms with Gasteiger partial charge in [0.2, 0.25) is 0 Å². The molecule has 0 unspecified atom stereocenters. The first-order chi connectivity index (χ1) is 8.95. The van der Waals surface area contributed by atoms with Gasteiger partial charge in [-0.2, -0.15) is 25.3 Å². The van der Waals surface area contributed by atoms with Gasteiger partial charge in [-0.3, -0.25) is 9.59 Å². The van der Waals surface area contributed by atoms with Gasteiger partial charge in [0, 0.05) is 6.08 Å². The predicted molar refractivity (Wildman–Crippen MR) is 70.9 cm³/mol. The number of aliphatic hydroxyl groups is 1. The second kappa shape index (κ2) is 8.83. The van der Waals surface area contributed by atoms with E-state index in [1.165, 1.54) is 0 Å². The fourth-order valence-corrected chi connectivity index (χ4v) is 1.04. The van der Waals surface area contributed by atoms with Gasteiger partial charge in [-0.1, -0.05) is 6.58 Å². The SMILES string of the molecule is C=CC(OC(=O)CS)(OC(=O)CS)C(=O)OCCO. The first-order valence-electron chi connectivity index (χ1n) is 5.02. The second-order valence-electron chi connectivity index (χ2n) is 3.00. The minimum atomic E-state index is -2.41. The molecule has 0 bridgehead atoms. The maximum Gasteiger partial charge on any atom is 0.397 e. The Bertz CT molecular complexity index is 338. The molecule has 0 aliphatic rings. The number of carbonyl (C=O) groups excluding carboxylic acids is 3. The molecule has 0 heterocycles. The Labute approximate surface area is 120 Å². The molecule has 0 spiro atoms. The van der Waals surface area contributed by atoms with Crippen molar-refractivity contribution in [2.24, 2.45) is 0 Å². The van der Waals surface area contributed by atoms with Gasteiger partial charge in [-0.25, -0.2) is 4.79 Å². The molecule has 0 atom stereocenters. The Morgan fingerprint density at radius 1 is 1.16 bits per heavy atom. The molecule has 0 aromatic rings. The number of thiol groups is 2. The molecule has 0 fully saturated rings. The lowest BCUT2D eigenvalue weighted by Gasteiger charge is -2.26. The van der Waals surface area contributed by atoms with Crippen LogP contribution in [0.5, 0.6) is 0 Å². The van der Waals surface area contributed by atoms with Crippen LogP contribution in [0.1, 0.15) is 0 Å². The highest BCUT2D eigenvalue weighted by atomic mass is 32.1. The predicted octanol–water partition coefficient (Wildman–Crippen LogP) is -0.650. The first-order valence-corrected chi connectivity index (χ1v) is 6.29. The normalized spacial score (nSPS) is 10.5. The monoisotopic (exact) mass is 310 g/mol. The molecular formula is C10H14O7S2. The molecule has 0 radical (unpaired) electrons. The van der Waals surface area contributed by atoms with Crippen molar-refractivity contribution in [1.29, 1.82) is 0 Å². The summed E-state index contributed by atoms with van der Waals surface area (Å²) >= 11 is 7.32. The van der Waals surface area contributed by atoms with Gasteiger partial charge in [0.05, 0.1) is 18.1 Å². The summed E-state index contributed by atoms with van der Waals surface area (Å²) in [6.07, 6.45) is 0.801. The number of hydrogen-bond donors (Lipinski definition) is 3. The van der Waals surface area contributed by atoms with Gasteiger partial charge in [0.25, 0.3) is 0 Å². The maximum absolute atomic E-state index is 11.7. The van der Waals surface area contributed by atoms with Gasteiger partial charge in [-0.15, -0.1) is 0 Å². The largest absolute Gasteiger partial charge is 0.457 e. The van der Waals surface area contributed by atoms with E-state index in [0.29, 0.717) is 0 Å². The van der Waals surface area contributed by atoms with E-state index in [-0.39, 0.29) is 18.1 Å². The van der Waals surface area contributed by atoms with Crippen LogP contribution < -0.4 is 0 Å². The summed E-state index contributed by atoms with van der Waals surface area (Å²) in [5, 5.41) is 8.57. The highest BCUT2D eigenvalue weighted by Gasteiger charge is 2.45. The van der Waals surface area contributed by atoms with Crippen LogP contribution in [0.25, 0.3) is 0 Å². The van der Waals surface area contributed by atoms with E-state index in [9.17, 15) is 14.4 Å². The van der Waals surface area contributed by atoms with Crippen molar-refractivity contribution in [2.45, 2.75) is 5.79 Å². The molecule has 0 aliphatic carbocycles. The van der Waals surface area contributed by atoms with Gasteiger partial charge in [0.15, 0.2) is 0 Å². The second-order valence-corrected chi connectivity index (χ2v) is 3.63. The van der Waals surface area contributed by atoms with E-state index in [4.69, 9.17) is 14.6 Å². The average molecular weight is 310 g/mol. The zero-order valence-electron chi connectivity index (χ0n) is 9.90. The third kappa shape index (κ3) is 5.53. The molecule has 0 saturated heterocycles. The number of aliphatic hydroxyl groups excluding tert-OH is 1.